The molecule has 1 amide bonds. The van der Waals surface area contributed by atoms with Crippen molar-refractivity contribution in [3.05, 3.63) is 48.0 Å². The first-order valence-electron chi connectivity index (χ1n) is 8.33. The lowest BCUT2D eigenvalue weighted by Crippen LogP contribution is -2.49. The molecule has 1 N–H and O–H groups in total. The molecular formula is C19H21NO3. The van der Waals surface area contributed by atoms with Gasteiger partial charge in [0.2, 0.25) is 0 Å². The lowest BCUT2D eigenvalue weighted by Gasteiger charge is -2.39. The number of ether oxygens (including phenoxy) is 2. The minimum Gasteiger partial charge on any atom is -0.373 e. The largest absolute Gasteiger partial charge is 0.373 e. The van der Waals surface area contributed by atoms with E-state index < -0.39 is 0 Å². The Kier molecular flexibility index (Phi) is 4.02. The molecule has 0 unspecified atom stereocenters. The van der Waals surface area contributed by atoms with Gasteiger partial charge in [-0.3, -0.25) is 4.79 Å². The second-order valence-corrected chi connectivity index (χ2v) is 6.33. The van der Waals surface area contributed by atoms with Gasteiger partial charge in [0.15, 0.2) is 0 Å². The predicted molar refractivity (Wildman–Crippen MR) is 88.5 cm³/mol. The van der Waals surface area contributed by atoms with Gasteiger partial charge in [-0.25, -0.2) is 0 Å². The van der Waals surface area contributed by atoms with Gasteiger partial charge in [0, 0.05) is 11.6 Å². The molecule has 0 bridgehead atoms. The van der Waals surface area contributed by atoms with Crippen LogP contribution in [0.3, 0.4) is 0 Å². The van der Waals surface area contributed by atoms with E-state index >= 15 is 0 Å². The van der Waals surface area contributed by atoms with E-state index in [1.54, 1.807) is 0 Å². The van der Waals surface area contributed by atoms with Gasteiger partial charge in [0.1, 0.15) is 0 Å². The van der Waals surface area contributed by atoms with Crippen molar-refractivity contribution in [3.63, 3.8) is 0 Å². The molecule has 1 saturated heterocycles. The monoisotopic (exact) mass is 311 g/mol. The number of benzene rings is 2. The summed E-state index contributed by atoms with van der Waals surface area (Å²) in [4.78, 5) is 12.7. The average molecular weight is 311 g/mol. The van der Waals surface area contributed by atoms with Gasteiger partial charge >= 0.3 is 0 Å². The molecule has 4 nitrogen and oxygen atoms in total. The molecule has 23 heavy (non-hydrogen) atoms. The van der Waals surface area contributed by atoms with E-state index in [-0.39, 0.29) is 24.2 Å². The fraction of sp³-hybridized carbons (Fsp3) is 0.421. The van der Waals surface area contributed by atoms with E-state index in [1.807, 2.05) is 42.5 Å². The van der Waals surface area contributed by atoms with Crippen LogP contribution in [0.15, 0.2) is 42.5 Å². The maximum Gasteiger partial charge on any atom is 0.252 e. The topological polar surface area (TPSA) is 47.6 Å². The van der Waals surface area contributed by atoms with Crippen LogP contribution in [0.25, 0.3) is 10.8 Å². The van der Waals surface area contributed by atoms with Crippen molar-refractivity contribution >= 4 is 16.7 Å². The zero-order valence-electron chi connectivity index (χ0n) is 13.0. The minimum atomic E-state index is 0.00183. The highest BCUT2D eigenvalue weighted by Gasteiger charge is 2.34. The third-order valence-electron chi connectivity index (χ3n) is 4.85. The Bertz CT molecular complexity index is 709. The second-order valence-electron chi connectivity index (χ2n) is 6.33. The summed E-state index contributed by atoms with van der Waals surface area (Å²) in [7, 11) is 0. The van der Waals surface area contributed by atoms with Crippen LogP contribution in [0.2, 0.25) is 0 Å². The molecule has 1 saturated carbocycles. The van der Waals surface area contributed by atoms with Crippen LogP contribution in [-0.2, 0) is 9.47 Å². The van der Waals surface area contributed by atoms with Crippen molar-refractivity contribution < 1.29 is 14.3 Å². The summed E-state index contributed by atoms with van der Waals surface area (Å²) in [5.74, 6) is 0.00183. The van der Waals surface area contributed by atoms with Gasteiger partial charge in [-0.1, -0.05) is 36.4 Å². The summed E-state index contributed by atoms with van der Waals surface area (Å²) >= 11 is 0. The van der Waals surface area contributed by atoms with Gasteiger partial charge < -0.3 is 14.8 Å². The van der Waals surface area contributed by atoms with Crippen molar-refractivity contribution in [2.75, 3.05) is 13.2 Å². The number of rotatable bonds is 2. The molecule has 0 radical (unpaired) electrons. The van der Waals surface area contributed by atoms with Crippen LogP contribution >= 0.6 is 0 Å². The van der Waals surface area contributed by atoms with Crippen molar-refractivity contribution in [3.8, 4) is 0 Å². The molecular weight excluding hydrogens is 290 g/mol. The van der Waals surface area contributed by atoms with Gasteiger partial charge in [-0.15, -0.1) is 0 Å². The van der Waals surface area contributed by atoms with Gasteiger partial charge in [0.25, 0.3) is 5.91 Å². The van der Waals surface area contributed by atoms with Gasteiger partial charge in [-0.05, 0) is 36.1 Å². The Morgan fingerprint density at radius 3 is 2.65 bits per heavy atom. The summed E-state index contributed by atoms with van der Waals surface area (Å²) in [6.45, 7) is 1.35. The van der Waals surface area contributed by atoms with Crippen LogP contribution < -0.4 is 5.32 Å². The molecule has 1 heterocycles. The van der Waals surface area contributed by atoms with E-state index in [9.17, 15) is 4.79 Å². The molecule has 2 aromatic rings. The molecule has 2 fully saturated rings. The van der Waals surface area contributed by atoms with E-state index in [0.29, 0.717) is 13.2 Å². The van der Waals surface area contributed by atoms with E-state index in [2.05, 4.69) is 5.32 Å². The maximum atomic E-state index is 12.7. The Morgan fingerprint density at radius 1 is 0.957 bits per heavy atom. The lowest BCUT2D eigenvalue weighted by molar-refractivity contribution is -0.157. The summed E-state index contributed by atoms with van der Waals surface area (Å²) in [6, 6.07) is 14.0. The summed E-state index contributed by atoms with van der Waals surface area (Å²) in [5.41, 5.74) is 0.742. The molecule has 120 valence electrons. The van der Waals surface area contributed by atoms with Crippen molar-refractivity contribution in [1.82, 2.24) is 5.32 Å². The van der Waals surface area contributed by atoms with Crippen LogP contribution in [-0.4, -0.2) is 37.4 Å². The number of carbonyl (C=O) groups is 1. The number of carbonyl (C=O) groups excluding carboxylic acids is 1. The standard InChI is InChI=1S/C19H21NO3/c21-19(16-7-3-5-13-4-1-2-6-15(13)16)20-14-8-9-17-18(12-14)23-11-10-22-17/h1-7,14,17-18H,8-12H2,(H,20,21)/t14-,17+,18+/m1/s1. The van der Waals surface area contributed by atoms with E-state index in [0.717, 1.165) is 35.6 Å². The molecule has 1 aliphatic carbocycles. The van der Waals surface area contributed by atoms with Crippen LogP contribution in [0.5, 0.6) is 0 Å². The lowest BCUT2D eigenvalue weighted by atomic mass is 9.89. The second kappa shape index (κ2) is 6.30. The Balaban J connectivity index is 1.49. The van der Waals surface area contributed by atoms with Gasteiger partial charge in [-0.2, -0.15) is 0 Å². The van der Waals surface area contributed by atoms with Crippen molar-refractivity contribution in [2.24, 2.45) is 0 Å². The molecule has 1 aliphatic heterocycles. The molecule has 0 aromatic heterocycles. The van der Waals surface area contributed by atoms with E-state index in [1.165, 1.54) is 0 Å². The fourth-order valence-corrected chi connectivity index (χ4v) is 3.68. The smallest absolute Gasteiger partial charge is 0.252 e. The Labute approximate surface area is 135 Å². The Morgan fingerprint density at radius 2 is 1.74 bits per heavy atom. The predicted octanol–water partition coefficient (Wildman–Crippen LogP) is 2.91. The number of hydrogen-bond donors (Lipinski definition) is 1. The highest BCUT2D eigenvalue weighted by Crippen LogP contribution is 2.27. The zero-order chi connectivity index (χ0) is 15.6. The maximum absolute atomic E-state index is 12.7. The molecule has 2 aliphatic rings. The quantitative estimate of drug-likeness (QED) is 0.927. The first kappa shape index (κ1) is 14.7. The average Bonchev–Trinajstić information content (AvgIpc) is 2.61. The molecule has 0 spiro atoms. The number of hydrogen-bond acceptors (Lipinski definition) is 3. The highest BCUT2D eigenvalue weighted by atomic mass is 16.6. The van der Waals surface area contributed by atoms with E-state index in [4.69, 9.17) is 9.47 Å². The summed E-state index contributed by atoms with van der Waals surface area (Å²) in [6.07, 6.45) is 3.05. The van der Waals surface area contributed by atoms with Crippen molar-refractivity contribution in [1.29, 1.82) is 0 Å². The zero-order valence-corrected chi connectivity index (χ0v) is 13.0. The first-order valence-corrected chi connectivity index (χ1v) is 8.33. The van der Waals surface area contributed by atoms with Crippen LogP contribution in [0, 0.1) is 0 Å². The minimum absolute atomic E-state index is 0.00183. The number of amides is 1. The van der Waals surface area contributed by atoms with Crippen LogP contribution in [0.4, 0.5) is 0 Å². The first-order chi connectivity index (χ1) is 11.3. The number of fused-ring (bicyclic) bond motifs is 2. The Hall–Kier alpha value is -1.91. The van der Waals surface area contributed by atoms with Gasteiger partial charge in [0.05, 0.1) is 25.4 Å². The molecule has 4 heteroatoms. The summed E-state index contributed by atoms with van der Waals surface area (Å²) < 4.78 is 11.5. The number of nitrogens with one attached hydrogen (secondary N) is 1. The third-order valence-corrected chi connectivity index (χ3v) is 4.85. The SMILES string of the molecule is O=C(N[C@@H]1CC[C@@H]2OCCO[C@H]2C1)c1cccc2ccccc12. The molecule has 4 rings (SSSR count). The van der Waals surface area contributed by atoms with Crippen molar-refractivity contribution in [2.45, 2.75) is 37.5 Å². The fourth-order valence-electron chi connectivity index (χ4n) is 3.68. The van der Waals surface area contributed by atoms with Crippen LogP contribution in [0.1, 0.15) is 29.6 Å². The highest BCUT2D eigenvalue weighted by molar-refractivity contribution is 6.07. The molecule has 2 aromatic carbocycles. The molecule has 3 atom stereocenters. The summed E-state index contributed by atoms with van der Waals surface area (Å²) in [5, 5.41) is 5.28. The normalized spacial score (nSPS) is 27.4. The third kappa shape index (κ3) is 2.96.